The number of carbonyl (C=O) groups excluding carboxylic acids is 1. The second kappa shape index (κ2) is 18.5. The smallest absolute Gasteiger partial charge is 0.260 e. The average Bonchev–Trinajstić information content (AvgIpc) is 3.32. The molecule has 5 aliphatic rings. The molecule has 7 rings (SSSR count). The van der Waals surface area contributed by atoms with E-state index in [0.717, 1.165) is 75.8 Å². The predicted molar refractivity (Wildman–Crippen MR) is 217 cm³/mol. The van der Waals surface area contributed by atoms with Crippen molar-refractivity contribution in [2.75, 3.05) is 77.6 Å². The number of morpholine rings is 1. The van der Waals surface area contributed by atoms with Crippen LogP contribution in [0.1, 0.15) is 86.7 Å². The summed E-state index contributed by atoms with van der Waals surface area (Å²) in [7, 11) is 0.530. The first-order valence-corrected chi connectivity index (χ1v) is 21.7. The van der Waals surface area contributed by atoms with Crippen molar-refractivity contribution >= 4 is 39.7 Å². The highest BCUT2D eigenvalue weighted by Gasteiger charge is 2.41. The van der Waals surface area contributed by atoms with Gasteiger partial charge in [0.25, 0.3) is 5.91 Å². The van der Waals surface area contributed by atoms with Gasteiger partial charge in [-0.15, -0.1) is 0 Å². The van der Waals surface area contributed by atoms with Gasteiger partial charge in [0, 0.05) is 80.7 Å². The zero-order valence-electron chi connectivity index (χ0n) is 32.0. The fourth-order valence-electron chi connectivity index (χ4n) is 9.42. The van der Waals surface area contributed by atoms with Crippen LogP contribution in [0.3, 0.4) is 0 Å². The Morgan fingerprint density at radius 2 is 1.85 bits per heavy atom. The normalized spacial score (nSPS) is 31.7. The van der Waals surface area contributed by atoms with Crippen LogP contribution in [0, 0.1) is 23.7 Å². The summed E-state index contributed by atoms with van der Waals surface area (Å²) in [6, 6.07) is 13.0. The van der Waals surface area contributed by atoms with Crippen LogP contribution in [0.2, 0.25) is 5.02 Å². The third-order valence-corrected chi connectivity index (χ3v) is 14.8. The van der Waals surface area contributed by atoms with Crippen LogP contribution < -0.4 is 14.4 Å². The van der Waals surface area contributed by atoms with Crippen molar-refractivity contribution in [1.29, 1.82) is 0 Å². The molecule has 0 spiro atoms. The predicted octanol–water partition coefficient (Wildman–Crippen LogP) is 7.10. The Morgan fingerprint density at radius 3 is 2.63 bits per heavy atom. The highest BCUT2D eigenvalue weighted by atomic mass is 35.5. The number of ether oxygens (including phenoxy) is 2. The number of aliphatic hydroxyl groups is 1. The van der Waals surface area contributed by atoms with Crippen LogP contribution in [0.4, 0.5) is 5.69 Å². The fraction of sp³-hybridized carbons (Fsp3) is 0.667. The maximum atomic E-state index is 13.7. The first kappa shape index (κ1) is 39.6. The highest BCUT2D eigenvalue weighted by Crippen LogP contribution is 2.46. The molecule has 52 heavy (non-hydrogen) atoms. The van der Waals surface area contributed by atoms with E-state index in [2.05, 4.69) is 64.3 Å². The standard InChI is InChI=1S/C41H59ClN4O3S.CH4O/c1-5-7-30-20-35(42)12-14-37(30)34-24-46-23-33-10-13-38(33)32(22-44-16-17-45-18-19-48-27-36(45)25-44)9-6-8-28(2)29(3)50(4)43-41(47)31-11-15-40(49-26-34)39(46)21-31;1-2/h11-12,14-15,20-21,28-29,32-34,36,38H,4-10,13,16-19,22-27H2,1-3H3,(H,43,47);2H,1H3. The Morgan fingerprint density at radius 1 is 1.00 bits per heavy atom. The van der Waals surface area contributed by atoms with Gasteiger partial charge in [0.15, 0.2) is 0 Å². The molecule has 0 radical (unpaired) electrons. The molecular formula is C42H63ClN4O4S. The molecule has 8 nitrogen and oxygen atoms in total. The van der Waals surface area contributed by atoms with Gasteiger partial charge >= 0.3 is 0 Å². The first-order valence-electron chi connectivity index (χ1n) is 19.9. The van der Waals surface area contributed by atoms with E-state index in [1.165, 1.54) is 62.9 Å². The van der Waals surface area contributed by atoms with Crippen molar-refractivity contribution in [1.82, 2.24) is 14.5 Å². The molecule has 2 saturated heterocycles. The van der Waals surface area contributed by atoms with Crippen LogP contribution in [0.15, 0.2) is 36.4 Å². The number of benzene rings is 2. The Bertz CT molecular complexity index is 1530. The van der Waals surface area contributed by atoms with Crippen molar-refractivity contribution in [2.45, 2.75) is 82.9 Å². The van der Waals surface area contributed by atoms with Crippen molar-refractivity contribution in [3.63, 3.8) is 0 Å². The van der Waals surface area contributed by atoms with E-state index in [1.54, 1.807) is 0 Å². The number of halogens is 1. The quantitative estimate of drug-likeness (QED) is 0.316. The molecule has 4 heterocycles. The van der Waals surface area contributed by atoms with Gasteiger partial charge in [0.05, 0.1) is 25.5 Å². The van der Waals surface area contributed by atoms with Crippen molar-refractivity contribution in [2.24, 2.45) is 23.7 Å². The maximum Gasteiger partial charge on any atom is 0.260 e. The van der Waals surface area contributed by atoms with Crippen molar-refractivity contribution < 1.29 is 19.4 Å². The largest absolute Gasteiger partial charge is 0.491 e. The molecule has 4 aliphatic heterocycles. The summed E-state index contributed by atoms with van der Waals surface area (Å²) in [5, 5.41) is 8.11. The zero-order valence-corrected chi connectivity index (χ0v) is 33.6. The van der Waals surface area contributed by atoms with Crippen LogP contribution >= 0.6 is 22.3 Å². The highest BCUT2D eigenvalue weighted by molar-refractivity contribution is 8.13. The van der Waals surface area contributed by atoms with Gasteiger partial charge in [0.2, 0.25) is 0 Å². The molecule has 2 aromatic rings. The maximum absolute atomic E-state index is 13.7. The lowest BCUT2D eigenvalue weighted by atomic mass is 9.65. The van der Waals surface area contributed by atoms with Gasteiger partial charge in [-0.2, -0.15) is 0 Å². The number of carbonyl (C=O) groups is 1. The Labute approximate surface area is 320 Å². The summed E-state index contributed by atoms with van der Waals surface area (Å²) in [4.78, 5) is 21.7. The van der Waals surface area contributed by atoms with E-state index in [4.69, 9.17) is 26.2 Å². The summed E-state index contributed by atoms with van der Waals surface area (Å²) in [5.74, 6) is 8.04. The average molecular weight is 756 g/mol. The second-order valence-electron chi connectivity index (χ2n) is 15.9. The minimum absolute atomic E-state index is 0.0361. The number of rotatable bonds is 5. The Kier molecular flexibility index (Phi) is 14.0. The first-order chi connectivity index (χ1) is 25.3. The number of nitrogens with zero attached hydrogens (tertiary/aromatic N) is 3. The van der Waals surface area contributed by atoms with E-state index in [1.807, 2.05) is 18.2 Å². The van der Waals surface area contributed by atoms with E-state index in [9.17, 15) is 4.79 Å². The van der Waals surface area contributed by atoms with E-state index in [-0.39, 0.29) is 11.8 Å². The molecule has 1 aliphatic carbocycles. The summed E-state index contributed by atoms with van der Waals surface area (Å²) in [5.41, 5.74) is 4.41. The molecular weight excluding hydrogens is 692 g/mol. The van der Waals surface area contributed by atoms with Gasteiger partial charge in [-0.1, -0.05) is 67.8 Å². The molecule has 10 heteroatoms. The number of nitrogens with one attached hydrogen (secondary N) is 1. The number of anilines is 1. The van der Waals surface area contributed by atoms with Crippen LogP contribution in [-0.4, -0.2) is 111 Å². The molecule has 8 atom stereocenters. The molecule has 3 fully saturated rings. The molecule has 1 amide bonds. The van der Waals surface area contributed by atoms with Gasteiger partial charge in [0.1, 0.15) is 5.75 Å². The number of hydrogen-bond donors (Lipinski definition) is 2. The second-order valence-corrected chi connectivity index (χ2v) is 18.2. The van der Waals surface area contributed by atoms with Crippen molar-refractivity contribution in [3.8, 4) is 5.75 Å². The van der Waals surface area contributed by atoms with Gasteiger partial charge < -0.3 is 29.1 Å². The number of aliphatic hydroxyl groups excluding tert-OH is 1. The van der Waals surface area contributed by atoms with E-state index < -0.39 is 10.7 Å². The third kappa shape index (κ3) is 9.20. The summed E-state index contributed by atoms with van der Waals surface area (Å²) < 4.78 is 15.8. The van der Waals surface area contributed by atoms with Gasteiger partial charge in [-0.25, -0.2) is 0 Å². The Hall–Kier alpha value is -2.14. The van der Waals surface area contributed by atoms with Gasteiger partial charge in [-0.05, 0) is 97.2 Å². The van der Waals surface area contributed by atoms with Crippen LogP contribution in [0.25, 0.3) is 0 Å². The van der Waals surface area contributed by atoms with E-state index >= 15 is 0 Å². The number of fused-ring (bicyclic) bond motifs is 3. The molecule has 8 unspecified atom stereocenters. The summed E-state index contributed by atoms with van der Waals surface area (Å²) >= 11 is 6.51. The number of piperazine rings is 1. The fourth-order valence-corrected chi connectivity index (χ4v) is 10.9. The number of hydrogen-bond acceptors (Lipinski definition) is 7. The lowest BCUT2D eigenvalue weighted by Gasteiger charge is -2.48. The molecule has 2 N–H and O–H groups in total. The molecule has 0 aromatic heterocycles. The van der Waals surface area contributed by atoms with E-state index in [0.29, 0.717) is 47.1 Å². The molecule has 2 aromatic carbocycles. The van der Waals surface area contributed by atoms with Gasteiger partial charge in [-0.3, -0.25) is 9.69 Å². The SMILES string of the molecule is C=S1NC(=O)c2ccc3c(c2)N(CC(c2ccc(Cl)cc2CCC)CO3)CC2CCC2C(CN2CCN3CCOCC3C2)CCCC(C)C1C.CO. The molecule has 2 bridgehead atoms. The third-order valence-electron chi connectivity index (χ3n) is 12.8. The zero-order chi connectivity index (χ0) is 36.8. The number of aryl methyl sites for hydroxylation is 1. The summed E-state index contributed by atoms with van der Waals surface area (Å²) in [6.07, 6.45) is 8.34. The van der Waals surface area contributed by atoms with Crippen LogP contribution in [-0.2, 0) is 11.2 Å². The monoisotopic (exact) mass is 754 g/mol. The lowest BCUT2D eigenvalue weighted by molar-refractivity contribution is -0.0519. The number of amides is 1. The summed E-state index contributed by atoms with van der Waals surface area (Å²) in [6.45, 7) is 16.8. The minimum atomic E-state index is -0.470. The minimum Gasteiger partial charge on any atom is -0.491 e. The molecule has 288 valence electrons. The lowest BCUT2D eigenvalue weighted by Crippen LogP contribution is -2.59. The topological polar surface area (TPSA) is 77.5 Å². The Balaban J connectivity index is 0.00000228. The molecule has 1 saturated carbocycles. The van der Waals surface area contributed by atoms with Crippen LogP contribution in [0.5, 0.6) is 5.75 Å². The van der Waals surface area contributed by atoms with Crippen molar-refractivity contribution in [3.05, 3.63) is 58.1 Å².